The van der Waals surface area contributed by atoms with Crippen LogP contribution in [0.3, 0.4) is 0 Å². The van der Waals surface area contributed by atoms with Crippen molar-refractivity contribution >= 4 is 11.4 Å². The lowest BCUT2D eigenvalue weighted by Gasteiger charge is -2.11. The molecule has 0 aliphatic rings. The van der Waals surface area contributed by atoms with Crippen LogP contribution < -0.4 is 11.5 Å². The predicted octanol–water partition coefficient (Wildman–Crippen LogP) is 3.64. The number of rotatable bonds is 2. The van der Waals surface area contributed by atoms with Crippen molar-refractivity contribution < 1.29 is 0 Å². The summed E-state index contributed by atoms with van der Waals surface area (Å²) in [6, 6.07) is 14.2. The molecule has 0 fully saturated rings. The molecule has 0 unspecified atom stereocenters. The van der Waals surface area contributed by atoms with Crippen molar-refractivity contribution in [1.29, 1.82) is 0 Å². The van der Waals surface area contributed by atoms with E-state index in [2.05, 4.69) is 38.1 Å². The van der Waals surface area contributed by atoms with E-state index in [-0.39, 0.29) is 0 Å². The lowest BCUT2D eigenvalue weighted by molar-refractivity contribution is 0.867. The van der Waals surface area contributed by atoms with Gasteiger partial charge in [0.2, 0.25) is 0 Å². The predicted molar refractivity (Wildman–Crippen MR) is 74.8 cm³/mol. The third kappa shape index (κ3) is 2.26. The SMILES string of the molecule is CC(C)c1cccc(-c2cccc(N)c2N)c1. The Kier molecular flexibility index (Phi) is 3.05. The average Bonchev–Trinajstić information content (AvgIpc) is 2.33. The Morgan fingerprint density at radius 3 is 2.35 bits per heavy atom. The van der Waals surface area contributed by atoms with E-state index in [1.807, 2.05) is 18.2 Å². The third-order valence-corrected chi connectivity index (χ3v) is 3.00. The monoisotopic (exact) mass is 226 g/mol. The standard InChI is InChI=1S/C15H18N2/c1-10(2)11-5-3-6-12(9-11)13-7-4-8-14(16)15(13)17/h3-10H,16-17H2,1-2H3. The summed E-state index contributed by atoms with van der Waals surface area (Å²) in [5, 5.41) is 0. The first-order valence-corrected chi connectivity index (χ1v) is 5.84. The van der Waals surface area contributed by atoms with Gasteiger partial charge in [-0.1, -0.05) is 50.2 Å². The first-order valence-electron chi connectivity index (χ1n) is 5.84. The largest absolute Gasteiger partial charge is 0.397 e. The van der Waals surface area contributed by atoms with Crippen LogP contribution in [0.1, 0.15) is 25.3 Å². The molecule has 17 heavy (non-hydrogen) atoms. The molecule has 2 heteroatoms. The first kappa shape index (κ1) is 11.5. The van der Waals surface area contributed by atoms with E-state index >= 15 is 0 Å². The van der Waals surface area contributed by atoms with Crippen molar-refractivity contribution in [2.45, 2.75) is 19.8 Å². The van der Waals surface area contributed by atoms with Crippen LogP contribution in [-0.2, 0) is 0 Å². The minimum Gasteiger partial charge on any atom is -0.397 e. The molecule has 0 heterocycles. The van der Waals surface area contributed by atoms with Crippen molar-refractivity contribution in [3.8, 4) is 11.1 Å². The molecule has 0 aromatic heterocycles. The van der Waals surface area contributed by atoms with Crippen molar-refractivity contribution in [1.82, 2.24) is 0 Å². The summed E-state index contributed by atoms with van der Waals surface area (Å²) < 4.78 is 0. The van der Waals surface area contributed by atoms with Gasteiger partial charge in [-0.05, 0) is 23.1 Å². The van der Waals surface area contributed by atoms with Gasteiger partial charge in [0.1, 0.15) is 0 Å². The maximum atomic E-state index is 6.02. The number of nitrogens with two attached hydrogens (primary N) is 2. The third-order valence-electron chi connectivity index (χ3n) is 3.00. The van der Waals surface area contributed by atoms with Gasteiger partial charge in [0.15, 0.2) is 0 Å². The lowest BCUT2D eigenvalue weighted by Crippen LogP contribution is -1.97. The number of hydrogen-bond donors (Lipinski definition) is 2. The smallest absolute Gasteiger partial charge is 0.0627 e. The molecule has 0 spiro atoms. The van der Waals surface area contributed by atoms with E-state index in [0.717, 1.165) is 11.1 Å². The van der Waals surface area contributed by atoms with Crippen LogP contribution in [0.4, 0.5) is 11.4 Å². The Labute approximate surface area is 102 Å². The maximum absolute atomic E-state index is 6.02. The molecule has 88 valence electrons. The van der Waals surface area contributed by atoms with Crippen LogP contribution in [-0.4, -0.2) is 0 Å². The van der Waals surface area contributed by atoms with Gasteiger partial charge >= 0.3 is 0 Å². The normalized spacial score (nSPS) is 10.8. The summed E-state index contributed by atoms with van der Waals surface area (Å²) in [5.41, 5.74) is 16.6. The Morgan fingerprint density at radius 2 is 1.65 bits per heavy atom. The Hall–Kier alpha value is -1.96. The summed E-state index contributed by atoms with van der Waals surface area (Å²) >= 11 is 0. The fraction of sp³-hybridized carbons (Fsp3) is 0.200. The summed E-state index contributed by atoms with van der Waals surface area (Å²) in [5.74, 6) is 0.511. The Balaban J connectivity index is 2.53. The minimum atomic E-state index is 0.511. The minimum absolute atomic E-state index is 0.511. The van der Waals surface area contributed by atoms with E-state index in [1.165, 1.54) is 5.56 Å². The summed E-state index contributed by atoms with van der Waals surface area (Å²) in [4.78, 5) is 0. The van der Waals surface area contributed by atoms with Gasteiger partial charge in [-0.15, -0.1) is 0 Å². The average molecular weight is 226 g/mol. The lowest BCUT2D eigenvalue weighted by atomic mass is 9.96. The van der Waals surface area contributed by atoms with Gasteiger partial charge in [0.25, 0.3) is 0 Å². The summed E-state index contributed by atoms with van der Waals surface area (Å²) in [6.45, 7) is 4.36. The molecule has 0 atom stereocenters. The van der Waals surface area contributed by atoms with E-state index in [1.54, 1.807) is 0 Å². The Morgan fingerprint density at radius 1 is 0.941 bits per heavy atom. The molecule has 2 aromatic rings. The van der Waals surface area contributed by atoms with Crippen molar-refractivity contribution in [3.05, 3.63) is 48.0 Å². The van der Waals surface area contributed by atoms with E-state index in [9.17, 15) is 0 Å². The molecule has 0 aliphatic carbocycles. The first-order chi connectivity index (χ1) is 8.09. The molecule has 2 aromatic carbocycles. The fourth-order valence-electron chi connectivity index (χ4n) is 1.90. The van der Waals surface area contributed by atoms with Crippen molar-refractivity contribution in [2.75, 3.05) is 11.5 Å². The zero-order valence-corrected chi connectivity index (χ0v) is 10.3. The van der Waals surface area contributed by atoms with Crippen LogP contribution in [0.25, 0.3) is 11.1 Å². The highest BCUT2D eigenvalue weighted by Gasteiger charge is 2.06. The highest BCUT2D eigenvalue weighted by Crippen LogP contribution is 2.31. The molecule has 0 aliphatic heterocycles. The van der Waals surface area contributed by atoms with E-state index in [4.69, 9.17) is 11.5 Å². The number of nitrogen functional groups attached to an aromatic ring is 2. The van der Waals surface area contributed by atoms with Gasteiger partial charge in [-0.3, -0.25) is 0 Å². The van der Waals surface area contributed by atoms with Gasteiger partial charge in [0.05, 0.1) is 11.4 Å². The van der Waals surface area contributed by atoms with Crippen LogP contribution >= 0.6 is 0 Å². The second kappa shape index (κ2) is 4.50. The van der Waals surface area contributed by atoms with Crippen LogP contribution in [0.5, 0.6) is 0 Å². The van der Waals surface area contributed by atoms with Gasteiger partial charge in [-0.2, -0.15) is 0 Å². The molecule has 4 N–H and O–H groups in total. The topological polar surface area (TPSA) is 52.0 Å². The molecule has 0 bridgehead atoms. The second-order valence-electron chi connectivity index (χ2n) is 4.59. The zero-order valence-electron chi connectivity index (χ0n) is 10.3. The van der Waals surface area contributed by atoms with E-state index in [0.29, 0.717) is 17.3 Å². The van der Waals surface area contributed by atoms with Gasteiger partial charge in [0, 0.05) is 5.56 Å². The fourth-order valence-corrected chi connectivity index (χ4v) is 1.90. The molecule has 2 rings (SSSR count). The number of hydrogen-bond acceptors (Lipinski definition) is 2. The molecular weight excluding hydrogens is 208 g/mol. The number of para-hydroxylation sites is 1. The second-order valence-corrected chi connectivity index (χ2v) is 4.59. The number of anilines is 2. The van der Waals surface area contributed by atoms with Crippen LogP contribution in [0, 0.1) is 0 Å². The molecule has 0 saturated carbocycles. The quantitative estimate of drug-likeness (QED) is 0.768. The van der Waals surface area contributed by atoms with Gasteiger partial charge in [-0.25, -0.2) is 0 Å². The molecule has 0 radical (unpaired) electrons. The Bertz CT molecular complexity index is 530. The highest BCUT2D eigenvalue weighted by atomic mass is 14.7. The maximum Gasteiger partial charge on any atom is 0.0627 e. The zero-order chi connectivity index (χ0) is 12.4. The molecule has 0 amide bonds. The highest BCUT2D eigenvalue weighted by molar-refractivity contribution is 5.84. The summed E-state index contributed by atoms with van der Waals surface area (Å²) in [6.07, 6.45) is 0. The van der Waals surface area contributed by atoms with Crippen LogP contribution in [0.2, 0.25) is 0 Å². The molecule has 0 saturated heterocycles. The molecule has 2 nitrogen and oxygen atoms in total. The van der Waals surface area contributed by atoms with Crippen LogP contribution in [0.15, 0.2) is 42.5 Å². The number of benzene rings is 2. The summed E-state index contributed by atoms with van der Waals surface area (Å²) in [7, 11) is 0. The van der Waals surface area contributed by atoms with Crippen molar-refractivity contribution in [3.63, 3.8) is 0 Å². The van der Waals surface area contributed by atoms with E-state index < -0.39 is 0 Å². The van der Waals surface area contributed by atoms with Crippen molar-refractivity contribution in [2.24, 2.45) is 0 Å². The molecular formula is C15H18N2. The van der Waals surface area contributed by atoms with Gasteiger partial charge < -0.3 is 11.5 Å².